The number of hydrogen-bond donors (Lipinski definition) is 1. The van der Waals surface area contributed by atoms with Crippen LogP contribution in [0.2, 0.25) is 0 Å². The molecule has 5 heteroatoms. The predicted octanol–water partition coefficient (Wildman–Crippen LogP) is 1.24. The molecule has 1 rings (SSSR count). The van der Waals surface area contributed by atoms with Crippen LogP contribution in [0.1, 0.15) is 35.9 Å². The average molecular weight is 193 g/mol. The fourth-order valence-corrected chi connectivity index (χ4v) is 0.916. The van der Waals surface area contributed by atoms with E-state index in [1.165, 1.54) is 6.33 Å². The molecule has 74 valence electrons. The first kappa shape index (κ1) is 10.3. The molecule has 0 fully saturated rings. The molecule has 1 N–H and O–H groups in total. The van der Waals surface area contributed by atoms with Crippen LogP contribution in [-0.2, 0) is 4.74 Å². The van der Waals surface area contributed by atoms with Crippen LogP contribution in [-0.4, -0.2) is 22.5 Å². The Morgan fingerprint density at radius 1 is 1.79 bits per heavy atom. The summed E-state index contributed by atoms with van der Waals surface area (Å²) in [5, 5.41) is 8.59. The normalized spacial score (nSPS) is 9.43. The van der Waals surface area contributed by atoms with Gasteiger partial charge < -0.3 is 9.72 Å². The third-order valence-electron chi connectivity index (χ3n) is 1.68. The molecule has 0 aliphatic heterocycles. The van der Waals surface area contributed by atoms with Crippen molar-refractivity contribution >= 4 is 5.97 Å². The van der Waals surface area contributed by atoms with Crippen molar-refractivity contribution in [2.24, 2.45) is 0 Å². The van der Waals surface area contributed by atoms with Gasteiger partial charge in [-0.1, -0.05) is 13.3 Å². The van der Waals surface area contributed by atoms with Gasteiger partial charge in [-0.05, 0) is 6.42 Å². The summed E-state index contributed by atoms with van der Waals surface area (Å²) in [6, 6.07) is 1.80. The molecule has 0 aromatic carbocycles. The van der Waals surface area contributed by atoms with E-state index in [9.17, 15) is 4.79 Å². The number of aromatic nitrogens is 2. The number of carbonyl (C=O) groups excluding carboxylic acids is 1. The molecule has 1 aromatic rings. The Kier molecular flexibility index (Phi) is 3.68. The van der Waals surface area contributed by atoms with Crippen molar-refractivity contribution in [3.63, 3.8) is 0 Å². The highest BCUT2D eigenvalue weighted by Crippen LogP contribution is 2.03. The molecule has 1 heterocycles. The van der Waals surface area contributed by atoms with Gasteiger partial charge in [0.2, 0.25) is 0 Å². The largest absolute Gasteiger partial charge is 0.461 e. The number of carbonyl (C=O) groups is 1. The van der Waals surface area contributed by atoms with Gasteiger partial charge in [-0.3, -0.25) is 0 Å². The van der Waals surface area contributed by atoms with Crippen LogP contribution < -0.4 is 0 Å². The number of H-pyrrole nitrogens is 1. The lowest BCUT2D eigenvalue weighted by atomic mass is 10.3. The van der Waals surface area contributed by atoms with Crippen LogP contribution in [0, 0.1) is 11.3 Å². The maximum Gasteiger partial charge on any atom is 0.357 e. The lowest BCUT2D eigenvalue weighted by molar-refractivity contribution is 0.0493. The Morgan fingerprint density at radius 3 is 3.21 bits per heavy atom. The number of nitriles is 1. The van der Waals surface area contributed by atoms with Gasteiger partial charge in [0, 0.05) is 0 Å². The first-order valence-corrected chi connectivity index (χ1v) is 4.40. The number of aromatic amines is 1. The molecular formula is C9H11N3O2. The Hall–Kier alpha value is -1.83. The fourth-order valence-electron chi connectivity index (χ4n) is 0.916. The van der Waals surface area contributed by atoms with E-state index in [-0.39, 0.29) is 11.4 Å². The van der Waals surface area contributed by atoms with E-state index in [2.05, 4.69) is 9.97 Å². The zero-order chi connectivity index (χ0) is 10.4. The third kappa shape index (κ3) is 2.33. The van der Waals surface area contributed by atoms with E-state index in [0.717, 1.165) is 12.8 Å². The molecule has 0 spiro atoms. The van der Waals surface area contributed by atoms with Gasteiger partial charge in [-0.15, -0.1) is 0 Å². The van der Waals surface area contributed by atoms with Crippen LogP contribution >= 0.6 is 0 Å². The Morgan fingerprint density at radius 2 is 2.57 bits per heavy atom. The monoisotopic (exact) mass is 193 g/mol. The lowest BCUT2D eigenvalue weighted by Crippen LogP contribution is -2.08. The van der Waals surface area contributed by atoms with E-state index >= 15 is 0 Å². The maximum atomic E-state index is 11.3. The summed E-state index contributed by atoms with van der Waals surface area (Å²) in [5.41, 5.74) is 0.204. The summed E-state index contributed by atoms with van der Waals surface area (Å²) in [4.78, 5) is 17.6. The van der Waals surface area contributed by atoms with Crippen LogP contribution in [0.25, 0.3) is 0 Å². The Balaban J connectivity index is 2.57. The van der Waals surface area contributed by atoms with Crippen molar-refractivity contribution in [3.05, 3.63) is 17.7 Å². The number of ether oxygens (including phenoxy) is 1. The zero-order valence-electron chi connectivity index (χ0n) is 7.91. The summed E-state index contributed by atoms with van der Waals surface area (Å²) >= 11 is 0. The summed E-state index contributed by atoms with van der Waals surface area (Å²) in [6.07, 6.45) is 3.08. The minimum Gasteiger partial charge on any atom is -0.461 e. The molecule has 0 unspecified atom stereocenters. The van der Waals surface area contributed by atoms with Gasteiger partial charge in [-0.25, -0.2) is 9.78 Å². The number of rotatable bonds is 4. The Labute approximate surface area is 81.7 Å². The van der Waals surface area contributed by atoms with Gasteiger partial charge in [0.25, 0.3) is 0 Å². The molecule has 14 heavy (non-hydrogen) atoms. The van der Waals surface area contributed by atoms with Crippen molar-refractivity contribution in [1.29, 1.82) is 5.26 Å². The molecule has 0 amide bonds. The van der Waals surface area contributed by atoms with E-state index < -0.39 is 5.97 Å². The van der Waals surface area contributed by atoms with E-state index in [1.807, 2.05) is 6.92 Å². The summed E-state index contributed by atoms with van der Waals surface area (Å²) in [7, 11) is 0. The quantitative estimate of drug-likeness (QED) is 0.576. The molecule has 1 aromatic heterocycles. The highest BCUT2D eigenvalue weighted by Gasteiger charge is 2.14. The first-order valence-electron chi connectivity index (χ1n) is 4.40. The average Bonchev–Trinajstić information content (AvgIpc) is 2.65. The van der Waals surface area contributed by atoms with Crippen LogP contribution in [0.3, 0.4) is 0 Å². The number of nitrogens with one attached hydrogen (secondary N) is 1. The second-order valence-corrected chi connectivity index (χ2v) is 2.73. The zero-order valence-corrected chi connectivity index (χ0v) is 7.91. The number of unbranched alkanes of at least 4 members (excludes halogenated alkanes) is 1. The van der Waals surface area contributed by atoms with Gasteiger partial charge in [0.15, 0.2) is 11.4 Å². The fraction of sp³-hybridized carbons (Fsp3) is 0.444. The first-order chi connectivity index (χ1) is 6.79. The summed E-state index contributed by atoms with van der Waals surface area (Å²) < 4.78 is 4.91. The SMILES string of the molecule is CCCCOC(=O)c1[nH]cnc1C#N. The highest BCUT2D eigenvalue weighted by molar-refractivity contribution is 5.89. The van der Waals surface area contributed by atoms with Crippen molar-refractivity contribution in [2.45, 2.75) is 19.8 Å². The van der Waals surface area contributed by atoms with E-state index in [1.54, 1.807) is 6.07 Å². The van der Waals surface area contributed by atoms with E-state index in [4.69, 9.17) is 10.00 Å². The van der Waals surface area contributed by atoms with Gasteiger partial charge in [-0.2, -0.15) is 5.26 Å². The topological polar surface area (TPSA) is 78.8 Å². The Bertz CT molecular complexity index is 351. The van der Waals surface area contributed by atoms with Crippen molar-refractivity contribution in [1.82, 2.24) is 9.97 Å². The number of imidazole rings is 1. The second-order valence-electron chi connectivity index (χ2n) is 2.73. The van der Waals surface area contributed by atoms with Crippen molar-refractivity contribution < 1.29 is 9.53 Å². The summed E-state index contributed by atoms with van der Waals surface area (Å²) in [6.45, 7) is 2.38. The van der Waals surface area contributed by atoms with E-state index in [0.29, 0.717) is 6.61 Å². The van der Waals surface area contributed by atoms with Crippen molar-refractivity contribution in [3.8, 4) is 6.07 Å². The smallest absolute Gasteiger partial charge is 0.357 e. The second kappa shape index (κ2) is 5.02. The standard InChI is InChI=1S/C9H11N3O2/c1-2-3-4-14-9(13)8-7(5-10)11-6-12-8/h6H,2-4H2,1H3,(H,11,12). The molecule has 0 aliphatic rings. The molecule has 0 saturated carbocycles. The molecule has 0 saturated heterocycles. The molecular weight excluding hydrogens is 182 g/mol. The van der Waals surface area contributed by atoms with Gasteiger partial charge in [0.05, 0.1) is 12.9 Å². The van der Waals surface area contributed by atoms with Gasteiger partial charge >= 0.3 is 5.97 Å². The lowest BCUT2D eigenvalue weighted by Gasteiger charge is -2.00. The molecule has 0 radical (unpaired) electrons. The van der Waals surface area contributed by atoms with Crippen LogP contribution in [0.15, 0.2) is 6.33 Å². The maximum absolute atomic E-state index is 11.3. The highest BCUT2D eigenvalue weighted by atomic mass is 16.5. The van der Waals surface area contributed by atoms with Crippen molar-refractivity contribution in [2.75, 3.05) is 6.61 Å². The predicted molar refractivity (Wildman–Crippen MR) is 48.5 cm³/mol. The molecule has 0 atom stereocenters. The molecule has 0 bridgehead atoms. The number of esters is 1. The number of nitrogens with zero attached hydrogens (tertiary/aromatic N) is 2. The minimum atomic E-state index is -0.521. The number of hydrogen-bond acceptors (Lipinski definition) is 4. The van der Waals surface area contributed by atoms with Gasteiger partial charge in [0.1, 0.15) is 6.07 Å². The van der Waals surface area contributed by atoms with Crippen LogP contribution in [0.5, 0.6) is 0 Å². The summed E-state index contributed by atoms with van der Waals surface area (Å²) in [5.74, 6) is -0.521. The van der Waals surface area contributed by atoms with Crippen LogP contribution in [0.4, 0.5) is 0 Å². The molecule has 5 nitrogen and oxygen atoms in total. The third-order valence-corrected chi connectivity index (χ3v) is 1.68. The molecule has 0 aliphatic carbocycles. The minimum absolute atomic E-state index is 0.0755.